The van der Waals surface area contributed by atoms with Crippen LogP contribution in [-0.4, -0.2) is 5.16 Å². The van der Waals surface area contributed by atoms with Crippen LogP contribution in [0.15, 0.2) is 34.9 Å². The topological polar surface area (TPSA) is 52.0 Å². The molecule has 1 saturated carbocycles. The van der Waals surface area contributed by atoms with Crippen molar-refractivity contribution in [2.75, 3.05) is 5.73 Å². The van der Waals surface area contributed by atoms with Crippen LogP contribution in [0.1, 0.15) is 43.6 Å². The fourth-order valence-electron chi connectivity index (χ4n) is 2.83. The predicted molar refractivity (Wildman–Crippen MR) is 75.9 cm³/mol. The number of nitrogen functional groups attached to an aromatic ring is 1. The van der Waals surface area contributed by atoms with Crippen molar-refractivity contribution < 1.29 is 4.52 Å². The minimum Gasteiger partial charge on any atom is -0.381 e. The molecule has 0 atom stereocenters. The zero-order valence-electron chi connectivity index (χ0n) is 11.5. The highest BCUT2D eigenvalue weighted by Gasteiger charge is 2.50. The number of aromatic nitrogens is 1. The van der Waals surface area contributed by atoms with Crippen molar-refractivity contribution in [3.05, 3.63) is 47.2 Å². The maximum Gasteiger partial charge on any atom is 0.170 e. The highest BCUT2D eigenvalue weighted by Crippen LogP contribution is 2.55. The van der Waals surface area contributed by atoms with Crippen molar-refractivity contribution in [1.82, 2.24) is 5.16 Å². The van der Waals surface area contributed by atoms with E-state index in [1.54, 1.807) is 0 Å². The van der Waals surface area contributed by atoms with Gasteiger partial charge in [-0.3, -0.25) is 0 Å². The number of hydrogen-bond donors (Lipinski definition) is 1. The predicted octanol–water partition coefficient (Wildman–Crippen LogP) is 3.54. The van der Waals surface area contributed by atoms with Gasteiger partial charge in [-0.2, -0.15) is 0 Å². The first-order chi connectivity index (χ1) is 9.13. The van der Waals surface area contributed by atoms with Crippen LogP contribution < -0.4 is 5.73 Å². The first-order valence-electron chi connectivity index (χ1n) is 6.93. The van der Waals surface area contributed by atoms with E-state index in [0.717, 1.165) is 30.6 Å². The Bertz CT molecular complexity index is 568. The summed E-state index contributed by atoms with van der Waals surface area (Å²) in [5.41, 5.74) is 8.43. The molecule has 0 saturated heterocycles. The largest absolute Gasteiger partial charge is 0.381 e. The molecule has 0 spiro atoms. The molecule has 0 amide bonds. The summed E-state index contributed by atoms with van der Waals surface area (Å²) < 4.78 is 5.60. The molecule has 3 nitrogen and oxygen atoms in total. The molecule has 1 aliphatic rings. The van der Waals surface area contributed by atoms with E-state index in [4.69, 9.17) is 10.3 Å². The van der Waals surface area contributed by atoms with E-state index in [1.807, 2.05) is 6.07 Å². The summed E-state index contributed by atoms with van der Waals surface area (Å²) in [6, 6.07) is 10.5. The lowest BCUT2D eigenvalue weighted by molar-refractivity contribution is 0.365. The second kappa shape index (κ2) is 4.41. The molecule has 1 aromatic heterocycles. The summed E-state index contributed by atoms with van der Waals surface area (Å²) in [5, 5.41) is 4.00. The molecular weight excluding hydrogens is 236 g/mol. The third-order valence-corrected chi connectivity index (χ3v) is 3.94. The van der Waals surface area contributed by atoms with E-state index < -0.39 is 0 Å². The van der Waals surface area contributed by atoms with Gasteiger partial charge < -0.3 is 10.3 Å². The minimum absolute atomic E-state index is 0.0239. The number of anilines is 1. The standard InChI is InChI=1S/C16H20N2O/c1-11(2)10-13-14(19-18-15(13)17)16(8-9-16)12-6-4-3-5-7-12/h3-7,11H,8-10H2,1-2H3,(H2,17,18). The molecule has 0 bridgehead atoms. The van der Waals surface area contributed by atoms with Gasteiger partial charge in [0, 0.05) is 5.56 Å². The van der Waals surface area contributed by atoms with Crippen LogP contribution >= 0.6 is 0 Å². The Morgan fingerprint density at radius 2 is 1.95 bits per heavy atom. The number of nitrogens with two attached hydrogens (primary N) is 1. The van der Waals surface area contributed by atoms with Crippen molar-refractivity contribution in [1.29, 1.82) is 0 Å². The van der Waals surface area contributed by atoms with Gasteiger partial charge in [-0.15, -0.1) is 0 Å². The second-order valence-corrected chi connectivity index (χ2v) is 5.92. The zero-order valence-corrected chi connectivity index (χ0v) is 11.5. The molecule has 1 heterocycles. The van der Waals surface area contributed by atoms with E-state index in [0.29, 0.717) is 11.7 Å². The molecule has 0 unspecified atom stereocenters. The van der Waals surface area contributed by atoms with E-state index in [-0.39, 0.29) is 5.41 Å². The van der Waals surface area contributed by atoms with E-state index in [2.05, 4.69) is 43.3 Å². The van der Waals surface area contributed by atoms with Gasteiger partial charge in [0.25, 0.3) is 0 Å². The molecule has 1 aromatic carbocycles. The minimum atomic E-state index is 0.0239. The van der Waals surface area contributed by atoms with E-state index >= 15 is 0 Å². The van der Waals surface area contributed by atoms with Crippen LogP contribution in [-0.2, 0) is 11.8 Å². The van der Waals surface area contributed by atoms with Gasteiger partial charge in [-0.05, 0) is 30.7 Å². The van der Waals surface area contributed by atoms with Crippen LogP contribution in [0, 0.1) is 5.92 Å². The molecule has 19 heavy (non-hydrogen) atoms. The van der Waals surface area contributed by atoms with E-state index in [1.165, 1.54) is 5.56 Å². The summed E-state index contributed by atoms with van der Waals surface area (Å²) >= 11 is 0. The van der Waals surface area contributed by atoms with Crippen molar-refractivity contribution in [3.8, 4) is 0 Å². The molecular formula is C16H20N2O. The van der Waals surface area contributed by atoms with Gasteiger partial charge in [-0.1, -0.05) is 49.3 Å². The molecule has 3 heteroatoms. The van der Waals surface area contributed by atoms with E-state index in [9.17, 15) is 0 Å². The fourth-order valence-corrected chi connectivity index (χ4v) is 2.83. The number of hydrogen-bond acceptors (Lipinski definition) is 3. The summed E-state index contributed by atoms with van der Waals surface area (Å²) in [6.07, 6.45) is 3.17. The van der Waals surface area contributed by atoms with Crippen molar-refractivity contribution in [3.63, 3.8) is 0 Å². The Hall–Kier alpha value is -1.77. The molecule has 1 aliphatic carbocycles. The lowest BCUT2D eigenvalue weighted by Crippen LogP contribution is -2.11. The third-order valence-electron chi connectivity index (χ3n) is 3.94. The third kappa shape index (κ3) is 2.03. The molecule has 1 fully saturated rings. The first kappa shape index (κ1) is 12.3. The quantitative estimate of drug-likeness (QED) is 0.910. The van der Waals surface area contributed by atoms with Crippen LogP contribution in [0.4, 0.5) is 5.82 Å². The van der Waals surface area contributed by atoms with Gasteiger partial charge >= 0.3 is 0 Å². The summed E-state index contributed by atoms with van der Waals surface area (Å²) in [4.78, 5) is 0. The highest BCUT2D eigenvalue weighted by molar-refractivity contribution is 5.50. The van der Waals surface area contributed by atoms with Crippen LogP contribution in [0.3, 0.4) is 0 Å². The van der Waals surface area contributed by atoms with Gasteiger partial charge in [0.1, 0.15) is 0 Å². The summed E-state index contributed by atoms with van der Waals surface area (Å²) in [7, 11) is 0. The SMILES string of the molecule is CC(C)Cc1c(N)noc1C1(c2ccccc2)CC1. The Balaban J connectivity index is 2.03. The maximum absolute atomic E-state index is 5.99. The second-order valence-electron chi connectivity index (χ2n) is 5.92. The monoisotopic (exact) mass is 256 g/mol. The number of rotatable bonds is 4. The lowest BCUT2D eigenvalue weighted by Gasteiger charge is -2.15. The molecule has 2 N–H and O–H groups in total. The normalized spacial score (nSPS) is 16.8. The highest BCUT2D eigenvalue weighted by atomic mass is 16.5. The number of nitrogens with zero attached hydrogens (tertiary/aromatic N) is 1. The van der Waals surface area contributed by atoms with Gasteiger partial charge in [0.05, 0.1) is 5.41 Å². The van der Waals surface area contributed by atoms with Gasteiger partial charge in [0.2, 0.25) is 0 Å². The molecule has 3 rings (SSSR count). The Morgan fingerprint density at radius 3 is 2.53 bits per heavy atom. The maximum atomic E-state index is 5.99. The Kier molecular flexibility index (Phi) is 2.85. The van der Waals surface area contributed by atoms with Crippen LogP contribution in [0.2, 0.25) is 0 Å². The molecule has 100 valence electrons. The average molecular weight is 256 g/mol. The van der Waals surface area contributed by atoms with Crippen molar-refractivity contribution >= 4 is 5.82 Å². The van der Waals surface area contributed by atoms with Crippen molar-refractivity contribution in [2.45, 2.75) is 38.5 Å². The first-order valence-corrected chi connectivity index (χ1v) is 6.93. The van der Waals surface area contributed by atoms with Crippen molar-refractivity contribution in [2.24, 2.45) is 5.92 Å². The molecule has 0 aliphatic heterocycles. The fraction of sp³-hybridized carbons (Fsp3) is 0.438. The lowest BCUT2D eigenvalue weighted by atomic mass is 9.88. The summed E-state index contributed by atoms with van der Waals surface area (Å²) in [5.74, 6) is 2.10. The number of benzene rings is 1. The van der Waals surface area contributed by atoms with Crippen LogP contribution in [0.5, 0.6) is 0 Å². The molecule has 0 radical (unpaired) electrons. The van der Waals surface area contributed by atoms with Crippen LogP contribution in [0.25, 0.3) is 0 Å². The average Bonchev–Trinajstić information content (AvgIpc) is 3.13. The Morgan fingerprint density at radius 1 is 1.26 bits per heavy atom. The smallest absolute Gasteiger partial charge is 0.170 e. The zero-order chi connectivity index (χ0) is 13.5. The summed E-state index contributed by atoms with van der Waals surface area (Å²) in [6.45, 7) is 4.39. The van der Waals surface area contributed by atoms with Gasteiger partial charge in [0.15, 0.2) is 11.6 Å². The van der Waals surface area contributed by atoms with Gasteiger partial charge in [-0.25, -0.2) is 0 Å². The Labute approximate surface area is 113 Å². The molecule has 2 aromatic rings.